The largest absolute Gasteiger partial charge is 0.493 e. The molecule has 0 amide bonds. The maximum absolute atomic E-state index is 5.89. The highest BCUT2D eigenvalue weighted by Crippen LogP contribution is 2.36. The summed E-state index contributed by atoms with van der Waals surface area (Å²) in [6.07, 6.45) is 0.945. The lowest BCUT2D eigenvalue weighted by molar-refractivity contribution is 0.280. The highest BCUT2D eigenvalue weighted by Gasteiger charge is 2.09. The number of benzene rings is 1. The monoisotopic (exact) mass is 254 g/mol. The molecule has 0 aliphatic rings. The maximum Gasteiger partial charge on any atom is 0.164 e. The topological polar surface area (TPSA) is 57.0 Å². The van der Waals surface area contributed by atoms with E-state index in [2.05, 4.69) is 4.90 Å². The van der Waals surface area contributed by atoms with E-state index in [-0.39, 0.29) is 0 Å². The van der Waals surface area contributed by atoms with Crippen LogP contribution in [0.25, 0.3) is 0 Å². The van der Waals surface area contributed by atoms with Gasteiger partial charge in [-0.3, -0.25) is 0 Å². The molecule has 0 spiro atoms. The summed E-state index contributed by atoms with van der Waals surface area (Å²) in [4.78, 5) is 2.11. The summed E-state index contributed by atoms with van der Waals surface area (Å²) in [7, 11) is 7.23. The van der Waals surface area contributed by atoms with E-state index in [1.165, 1.54) is 0 Å². The van der Waals surface area contributed by atoms with Crippen molar-refractivity contribution in [3.05, 3.63) is 12.1 Å². The third-order valence-corrected chi connectivity index (χ3v) is 2.52. The molecule has 0 bridgehead atoms. The van der Waals surface area contributed by atoms with E-state index >= 15 is 0 Å². The lowest BCUT2D eigenvalue weighted by Crippen LogP contribution is -2.15. The molecular weight excluding hydrogens is 232 g/mol. The highest BCUT2D eigenvalue weighted by molar-refractivity contribution is 5.61. The molecule has 0 aliphatic carbocycles. The first-order valence-electron chi connectivity index (χ1n) is 5.87. The molecule has 0 radical (unpaired) electrons. The van der Waals surface area contributed by atoms with Gasteiger partial charge in [-0.2, -0.15) is 0 Å². The number of nitrogens with zero attached hydrogens (tertiary/aromatic N) is 1. The van der Waals surface area contributed by atoms with Crippen LogP contribution in [0.5, 0.6) is 17.2 Å². The molecule has 1 aromatic rings. The second kappa shape index (κ2) is 6.96. The van der Waals surface area contributed by atoms with Crippen molar-refractivity contribution in [1.29, 1.82) is 0 Å². The molecule has 0 aromatic heterocycles. The van der Waals surface area contributed by atoms with Gasteiger partial charge in [-0.1, -0.05) is 0 Å². The van der Waals surface area contributed by atoms with Crippen LogP contribution in [-0.4, -0.2) is 46.4 Å². The molecular formula is C13H22N2O3. The molecule has 0 saturated heterocycles. The first-order chi connectivity index (χ1) is 8.58. The van der Waals surface area contributed by atoms with Crippen molar-refractivity contribution in [3.8, 4) is 17.2 Å². The maximum atomic E-state index is 5.89. The van der Waals surface area contributed by atoms with Crippen molar-refractivity contribution in [2.24, 2.45) is 0 Å². The Kier molecular flexibility index (Phi) is 5.58. The molecule has 0 fully saturated rings. The smallest absolute Gasteiger partial charge is 0.164 e. The fourth-order valence-electron chi connectivity index (χ4n) is 1.56. The van der Waals surface area contributed by atoms with Gasteiger partial charge >= 0.3 is 0 Å². The van der Waals surface area contributed by atoms with Crippen LogP contribution in [0.1, 0.15) is 6.42 Å². The third-order valence-electron chi connectivity index (χ3n) is 2.52. The number of ether oxygens (including phenoxy) is 3. The Hall–Kier alpha value is -1.62. The van der Waals surface area contributed by atoms with Crippen LogP contribution in [0.4, 0.5) is 5.69 Å². The van der Waals surface area contributed by atoms with Crippen molar-refractivity contribution >= 4 is 5.69 Å². The van der Waals surface area contributed by atoms with Gasteiger partial charge in [0.2, 0.25) is 0 Å². The van der Waals surface area contributed by atoms with Crippen molar-refractivity contribution in [2.45, 2.75) is 6.42 Å². The minimum Gasteiger partial charge on any atom is -0.493 e. The Bertz CT molecular complexity index is 381. The van der Waals surface area contributed by atoms with E-state index in [1.54, 1.807) is 26.4 Å². The van der Waals surface area contributed by atoms with E-state index in [9.17, 15) is 0 Å². The van der Waals surface area contributed by atoms with Crippen LogP contribution in [0.2, 0.25) is 0 Å². The summed E-state index contributed by atoms with van der Waals surface area (Å²) in [6, 6.07) is 3.46. The number of hydrogen-bond acceptors (Lipinski definition) is 5. The van der Waals surface area contributed by atoms with E-state index in [1.807, 2.05) is 14.1 Å². The second-order valence-electron chi connectivity index (χ2n) is 4.25. The molecule has 0 aliphatic heterocycles. The third kappa shape index (κ3) is 4.00. The average Bonchev–Trinajstić information content (AvgIpc) is 2.35. The van der Waals surface area contributed by atoms with E-state index < -0.39 is 0 Å². The SMILES string of the molecule is COc1cc(N)c(OCCCN(C)C)cc1OC. The summed E-state index contributed by atoms with van der Waals surface area (Å²) in [6.45, 7) is 1.60. The van der Waals surface area contributed by atoms with Gasteiger partial charge < -0.3 is 24.8 Å². The Morgan fingerprint density at radius 1 is 1.06 bits per heavy atom. The van der Waals surface area contributed by atoms with Crippen LogP contribution in [0.3, 0.4) is 0 Å². The van der Waals surface area contributed by atoms with Crippen molar-refractivity contribution in [1.82, 2.24) is 4.90 Å². The number of nitrogen functional groups attached to an aromatic ring is 1. The summed E-state index contributed by atoms with van der Waals surface area (Å²) in [5, 5.41) is 0. The molecule has 5 nitrogen and oxygen atoms in total. The van der Waals surface area contributed by atoms with Gasteiger partial charge in [0.05, 0.1) is 26.5 Å². The van der Waals surface area contributed by atoms with Crippen molar-refractivity contribution in [2.75, 3.05) is 47.2 Å². The zero-order valence-corrected chi connectivity index (χ0v) is 11.5. The average molecular weight is 254 g/mol. The van der Waals surface area contributed by atoms with Gasteiger partial charge in [0.25, 0.3) is 0 Å². The molecule has 0 unspecified atom stereocenters. The minimum atomic E-state index is 0.553. The van der Waals surface area contributed by atoms with Gasteiger partial charge in [-0.05, 0) is 20.5 Å². The molecule has 1 rings (SSSR count). The van der Waals surface area contributed by atoms with E-state index in [0.29, 0.717) is 29.5 Å². The Morgan fingerprint density at radius 3 is 2.22 bits per heavy atom. The first-order valence-corrected chi connectivity index (χ1v) is 5.87. The van der Waals surface area contributed by atoms with Crippen LogP contribution >= 0.6 is 0 Å². The van der Waals surface area contributed by atoms with Crippen LogP contribution in [0.15, 0.2) is 12.1 Å². The highest BCUT2D eigenvalue weighted by atomic mass is 16.5. The second-order valence-corrected chi connectivity index (χ2v) is 4.25. The predicted molar refractivity (Wildman–Crippen MR) is 72.6 cm³/mol. The van der Waals surface area contributed by atoms with Gasteiger partial charge in [0, 0.05) is 18.7 Å². The summed E-state index contributed by atoms with van der Waals surface area (Å²) >= 11 is 0. The van der Waals surface area contributed by atoms with E-state index in [0.717, 1.165) is 13.0 Å². The number of methoxy groups -OCH3 is 2. The fourth-order valence-corrected chi connectivity index (χ4v) is 1.56. The quantitative estimate of drug-likeness (QED) is 0.592. The molecule has 0 saturated carbocycles. The summed E-state index contributed by atoms with van der Waals surface area (Å²) < 4.78 is 16.0. The number of nitrogens with two attached hydrogens (primary N) is 1. The molecule has 0 atom stereocenters. The standard InChI is InChI=1S/C13H22N2O3/c1-15(2)6-5-7-18-11-9-13(17-4)12(16-3)8-10(11)14/h8-9H,5-7,14H2,1-4H3. The van der Waals surface area contributed by atoms with Gasteiger partial charge in [-0.15, -0.1) is 0 Å². The lowest BCUT2D eigenvalue weighted by Gasteiger charge is -2.14. The fraction of sp³-hybridized carbons (Fsp3) is 0.538. The van der Waals surface area contributed by atoms with Gasteiger partial charge in [0.1, 0.15) is 5.75 Å². The zero-order chi connectivity index (χ0) is 13.5. The Labute approximate surface area is 108 Å². The Morgan fingerprint density at radius 2 is 1.67 bits per heavy atom. The first kappa shape index (κ1) is 14.4. The number of rotatable bonds is 7. The number of hydrogen-bond donors (Lipinski definition) is 1. The summed E-state index contributed by atoms with van der Waals surface area (Å²) in [5.41, 5.74) is 6.44. The number of anilines is 1. The van der Waals surface area contributed by atoms with E-state index in [4.69, 9.17) is 19.9 Å². The molecule has 0 heterocycles. The predicted octanol–water partition coefficient (Wildman–Crippen LogP) is 1.62. The van der Waals surface area contributed by atoms with Crippen LogP contribution < -0.4 is 19.9 Å². The van der Waals surface area contributed by atoms with Gasteiger partial charge in [0.15, 0.2) is 11.5 Å². The lowest BCUT2D eigenvalue weighted by atomic mass is 10.2. The zero-order valence-electron chi connectivity index (χ0n) is 11.5. The van der Waals surface area contributed by atoms with Crippen LogP contribution in [-0.2, 0) is 0 Å². The molecule has 102 valence electrons. The molecule has 18 heavy (non-hydrogen) atoms. The summed E-state index contributed by atoms with van der Waals surface area (Å²) in [5.74, 6) is 1.86. The Balaban J connectivity index is 2.65. The van der Waals surface area contributed by atoms with Crippen molar-refractivity contribution < 1.29 is 14.2 Å². The molecule has 2 N–H and O–H groups in total. The normalized spacial score (nSPS) is 10.5. The molecule has 5 heteroatoms. The van der Waals surface area contributed by atoms with Gasteiger partial charge in [-0.25, -0.2) is 0 Å². The molecule has 1 aromatic carbocycles. The van der Waals surface area contributed by atoms with Crippen molar-refractivity contribution in [3.63, 3.8) is 0 Å². The van der Waals surface area contributed by atoms with Crippen LogP contribution in [0, 0.1) is 0 Å². The minimum absolute atomic E-state index is 0.553.